The molecule has 1 aliphatic carbocycles. The molecule has 4 aliphatic rings. The number of nitriles is 1. The van der Waals surface area contributed by atoms with Crippen LogP contribution in [0.2, 0.25) is 0 Å². The average molecular weight is 669 g/mol. The predicted molar refractivity (Wildman–Crippen MR) is 182 cm³/mol. The third kappa shape index (κ3) is 5.95. The average Bonchev–Trinajstić information content (AvgIpc) is 3.59. The summed E-state index contributed by atoms with van der Waals surface area (Å²) < 4.78 is 31.7. The molecule has 252 valence electrons. The molecule has 7 rings (SSSR count). The molecule has 1 saturated carbocycles. The number of piperidine rings is 1. The molecule has 2 aromatic carbocycles. The largest absolute Gasteiger partial charge is 0.371 e. The van der Waals surface area contributed by atoms with Crippen molar-refractivity contribution in [2.75, 3.05) is 58.1 Å². The summed E-state index contributed by atoms with van der Waals surface area (Å²) in [5.41, 5.74) is 1.45. The minimum atomic E-state index is -3.56. The van der Waals surface area contributed by atoms with Gasteiger partial charge in [0, 0.05) is 62.6 Å². The van der Waals surface area contributed by atoms with Gasteiger partial charge in [-0.15, -0.1) is 0 Å². The Morgan fingerprint density at radius 3 is 2.29 bits per heavy atom. The van der Waals surface area contributed by atoms with Crippen LogP contribution in [0.5, 0.6) is 0 Å². The zero-order chi connectivity index (χ0) is 33.3. The first-order valence-corrected chi connectivity index (χ1v) is 18.6. The lowest BCUT2D eigenvalue weighted by atomic mass is 9.59. The van der Waals surface area contributed by atoms with E-state index in [1.54, 1.807) is 24.1 Å². The molecule has 0 bridgehead atoms. The highest BCUT2D eigenvalue weighted by Crippen LogP contribution is 2.51. The summed E-state index contributed by atoms with van der Waals surface area (Å²) in [5, 5.41) is 11.1. The van der Waals surface area contributed by atoms with E-state index in [0.29, 0.717) is 12.6 Å². The lowest BCUT2D eigenvalue weighted by Crippen LogP contribution is -2.58. The molecular formula is C37H44N6O4S. The minimum absolute atomic E-state index is 0.00616. The van der Waals surface area contributed by atoms with Gasteiger partial charge in [-0.3, -0.25) is 9.88 Å². The molecule has 11 heteroatoms. The maximum absolute atomic E-state index is 13.2. The third-order valence-corrected chi connectivity index (χ3v) is 13.0. The van der Waals surface area contributed by atoms with E-state index < -0.39 is 15.3 Å². The number of carbonyl (C=O) groups excluding carboxylic acids is 1. The van der Waals surface area contributed by atoms with Gasteiger partial charge in [-0.1, -0.05) is 36.8 Å². The zero-order valence-corrected chi connectivity index (χ0v) is 28.3. The van der Waals surface area contributed by atoms with E-state index in [1.807, 2.05) is 35.2 Å². The fraction of sp³-hybridized carbons (Fsp3) is 0.486. The molecule has 3 aromatic rings. The number of carbonyl (C=O) groups is 1. The van der Waals surface area contributed by atoms with Crippen LogP contribution in [0.15, 0.2) is 88.9 Å². The first kappa shape index (κ1) is 32.6. The van der Waals surface area contributed by atoms with Crippen LogP contribution in [0.25, 0.3) is 0 Å². The van der Waals surface area contributed by atoms with E-state index in [0.717, 1.165) is 76.1 Å². The van der Waals surface area contributed by atoms with E-state index >= 15 is 0 Å². The van der Waals surface area contributed by atoms with Gasteiger partial charge in [0.2, 0.25) is 9.84 Å². The Morgan fingerprint density at radius 1 is 0.917 bits per heavy atom. The van der Waals surface area contributed by atoms with Gasteiger partial charge < -0.3 is 19.4 Å². The predicted octanol–water partition coefficient (Wildman–Crippen LogP) is 4.99. The van der Waals surface area contributed by atoms with Crippen molar-refractivity contribution in [1.29, 1.82) is 5.26 Å². The molecular weight excluding hydrogens is 625 g/mol. The van der Waals surface area contributed by atoms with Crippen LogP contribution in [0.4, 0.5) is 10.5 Å². The summed E-state index contributed by atoms with van der Waals surface area (Å²) >= 11 is 0. The second-order valence-corrected chi connectivity index (χ2v) is 15.8. The standard InChI is InChI=1S/C37H44N6O4S/c1-40-26-47-27-43(36(40)44)35-9-5-8-34(35)37(25-38,29-6-3-2-4-7-29)30-16-20-41(21-17-30)22-28-23-42(24-28)31-10-12-32(13-11-31)48(45,46)33-14-18-39-19-15-33/h2-4,6-7,10-15,18-19,28,30,34-35H,5,8-9,16-17,20-24,26-27H2,1H3/t34-,35-,37?/m1/s1. The molecule has 3 atom stereocenters. The number of sulfone groups is 1. The fourth-order valence-electron chi connectivity index (χ4n) is 8.72. The SMILES string of the molecule is CN1COCN([C@@H]2CCC[C@H]2C(C#N)(c2ccccc2)C2CCN(CC3CN(c4ccc(S(=O)(=O)c5ccncc5)cc4)C3)CC2)C1=O. The van der Waals surface area contributed by atoms with Crippen molar-refractivity contribution < 1.29 is 17.9 Å². The monoisotopic (exact) mass is 668 g/mol. The smallest absolute Gasteiger partial charge is 0.323 e. The minimum Gasteiger partial charge on any atom is -0.371 e. The first-order chi connectivity index (χ1) is 23.3. The van der Waals surface area contributed by atoms with E-state index in [9.17, 15) is 18.5 Å². The highest BCUT2D eigenvalue weighted by Gasteiger charge is 2.54. The molecule has 2 amide bonds. The van der Waals surface area contributed by atoms with Crippen LogP contribution >= 0.6 is 0 Å². The van der Waals surface area contributed by atoms with Crippen LogP contribution < -0.4 is 4.90 Å². The summed E-state index contributed by atoms with van der Waals surface area (Å²) in [6, 6.07) is 23.4. The summed E-state index contributed by atoms with van der Waals surface area (Å²) in [7, 11) is -1.79. The Kier molecular flexibility index (Phi) is 9.16. The number of pyridine rings is 1. The van der Waals surface area contributed by atoms with Crippen molar-refractivity contribution >= 4 is 21.6 Å². The van der Waals surface area contributed by atoms with Crippen molar-refractivity contribution in [2.45, 2.75) is 53.4 Å². The van der Waals surface area contributed by atoms with E-state index in [4.69, 9.17) is 4.74 Å². The molecule has 0 N–H and O–H groups in total. The van der Waals surface area contributed by atoms with Crippen LogP contribution in [0.3, 0.4) is 0 Å². The highest BCUT2D eigenvalue weighted by molar-refractivity contribution is 7.91. The molecule has 10 nitrogen and oxygen atoms in total. The second kappa shape index (κ2) is 13.5. The van der Waals surface area contributed by atoms with Crippen LogP contribution in [0.1, 0.15) is 37.7 Å². The Hall–Kier alpha value is -3.98. The van der Waals surface area contributed by atoms with Crippen LogP contribution in [-0.2, 0) is 20.0 Å². The van der Waals surface area contributed by atoms with Gasteiger partial charge in [0.05, 0.1) is 21.3 Å². The molecule has 0 radical (unpaired) electrons. The first-order valence-electron chi connectivity index (χ1n) is 17.1. The van der Waals surface area contributed by atoms with Crippen LogP contribution in [-0.4, -0.2) is 93.4 Å². The number of ether oxygens (including phenoxy) is 1. The number of anilines is 1. The van der Waals surface area contributed by atoms with Gasteiger partial charge in [-0.05, 0) is 86.7 Å². The van der Waals surface area contributed by atoms with Crippen molar-refractivity contribution in [3.05, 3.63) is 84.7 Å². The quantitative estimate of drug-likeness (QED) is 0.314. The summed E-state index contributed by atoms with van der Waals surface area (Å²) in [5.74, 6) is 0.787. The molecule has 4 fully saturated rings. The Balaban J connectivity index is 0.990. The van der Waals surface area contributed by atoms with E-state index in [-0.39, 0.29) is 40.4 Å². The Labute approximate surface area is 283 Å². The van der Waals surface area contributed by atoms with Gasteiger partial charge in [-0.2, -0.15) is 5.26 Å². The number of hydrogen-bond donors (Lipinski definition) is 0. The molecule has 1 unspecified atom stereocenters. The maximum Gasteiger partial charge on any atom is 0.323 e. The number of rotatable bonds is 9. The number of nitrogens with zero attached hydrogens (tertiary/aromatic N) is 6. The zero-order valence-electron chi connectivity index (χ0n) is 27.5. The third-order valence-electron chi connectivity index (χ3n) is 11.2. The highest BCUT2D eigenvalue weighted by atomic mass is 32.2. The molecule has 3 aliphatic heterocycles. The number of likely N-dealkylation sites (tertiary alicyclic amines) is 1. The van der Waals surface area contributed by atoms with Crippen molar-refractivity contribution in [2.24, 2.45) is 17.8 Å². The topological polar surface area (TPSA) is 110 Å². The van der Waals surface area contributed by atoms with Gasteiger partial charge in [0.1, 0.15) is 13.5 Å². The van der Waals surface area contributed by atoms with E-state index in [2.05, 4.69) is 33.0 Å². The Morgan fingerprint density at radius 2 is 1.60 bits per heavy atom. The fourth-order valence-corrected chi connectivity index (χ4v) is 9.96. The lowest BCUT2D eigenvalue weighted by Gasteiger charge is -2.49. The Bertz CT molecular complexity index is 1720. The molecule has 1 aromatic heterocycles. The van der Waals surface area contributed by atoms with Crippen molar-refractivity contribution in [1.82, 2.24) is 19.7 Å². The van der Waals surface area contributed by atoms with Gasteiger partial charge in [0.25, 0.3) is 0 Å². The van der Waals surface area contributed by atoms with Gasteiger partial charge in [0.15, 0.2) is 0 Å². The van der Waals surface area contributed by atoms with E-state index in [1.165, 1.54) is 24.5 Å². The summed E-state index contributed by atoms with van der Waals surface area (Å²) in [6.45, 7) is 5.37. The van der Waals surface area contributed by atoms with Crippen molar-refractivity contribution in [3.63, 3.8) is 0 Å². The van der Waals surface area contributed by atoms with Gasteiger partial charge in [-0.25, -0.2) is 13.2 Å². The number of urea groups is 1. The molecule has 4 heterocycles. The second-order valence-electron chi connectivity index (χ2n) is 13.9. The van der Waals surface area contributed by atoms with Gasteiger partial charge >= 0.3 is 6.03 Å². The number of amides is 2. The summed E-state index contributed by atoms with van der Waals surface area (Å²) in [6.07, 6.45) is 7.69. The normalized spacial score (nSPS) is 24.2. The molecule has 3 saturated heterocycles. The number of aromatic nitrogens is 1. The number of hydrogen-bond acceptors (Lipinski definition) is 8. The van der Waals surface area contributed by atoms with Crippen LogP contribution in [0, 0.1) is 29.1 Å². The summed E-state index contributed by atoms with van der Waals surface area (Å²) in [4.78, 5) is 26.1. The lowest BCUT2D eigenvalue weighted by molar-refractivity contribution is -0.0679. The van der Waals surface area contributed by atoms with Crippen molar-refractivity contribution in [3.8, 4) is 6.07 Å². The molecule has 0 spiro atoms. The molecule has 48 heavy (non-hydrogen) atoms. The maximum atomic E-state index is 13.2. The number of benzene rings is 2.